The molecule has 0 bridgehead atoms. The van der Waals surface area contributed by atoms with E-state index in [1.165, 1.54) is 10.6 Å². The molecule has 22 heavy (non-hydrogen) atoms. The third-order valence-corrected chi connectivity index (χ3v) is 7.44. The monoisotopic (exact) mass is 312 g/mol. The number of aliphatic carboxylic acids is 1. The first-order valence-electron chi connectivity index (χ1n) is 7.89. The van der Waals surface area contributed by atoms with Gasteiger partial charge in [-0.15, -0.1) is 0 Å². The Kier molecular flexibility index (Phi) is 4.90. The van der Waals surface area contributed by atoms with Crippen molar-refractivity contribution < 1.29 is 9.90 Å². The molecule has 2 aromatic carbocycles. The van der Waals surface area contributed by atoms with Crippen LogP contribution in [0.4, 0.5) is 0 Å². The number of benzene rings is 2. The molecular weight excluding hydrogens is 291 g/mol. The lowest BCUT2D eigenvalue weighted by molar-refractivity contribution is -0.142. The van der Waals surface area contributed by atoms with Gasteiger partial charge in [-0.2, -0.15) is 0 Å². The third kappa shape index (κ3) is 3.23. The SMILES string of the molecule is O=C(O)C1CCCCC1P(c1ccccc1)c1ccccc1. The molecule has 2 unspecified atom stereocenters. The fraction of sp³-hybridized carbons (Fsp3) is 0.316. The lowest BCUT2D eigenvalue weighted by Crippen LogP contribution is -2.35. The van der Waals surface area contributed by atoms with Gasteiger partial charge in [-0.3, -0.25) is 4.79 Å². The molecule has 1 aliphatic rings. The summed E-state index contributed by atoms with van der Waals surface area (Å²) in [6.07, 6.45) is 4.03. The van der Waals surface area contributed by atoms with E-state index >= 15 is 0 Å². The molecule has 1 saturated carbocycles. The van der Waals surface area contributed by atoms with Gasteiger partial charge in [-0.1, -0.05) is 73.5 Å². The summed E-state index contributed by atoms with van der Waals surface area (Å²) in [6, 6.07) is 20.9. The summed E-state index contributed by atoms with van der Waals surface area (Å²) in [5, 5.41) is 12.2. The highest BCUT2D eigenvalue weighted by molar-refractivity contribution is 7.73. The highest BCUT2D eigenvalue weighted by Gasteiger charge is 2.37. The number of carboxylic acid groups (broad SMARTS) is 1. The predicted molar refractivity (Wildman–Crippen MR) is 92.5 cm³/mol. The van der Waals surface area contributed by atoms with Crippen LogP contribution in [0.2, 0.25) is 0 Å². The maximum Gasteiger partial charge on any atom is 0.307 e. The standard InChI is InChI=1S/C19H21O2P/c20-19(21)17-13-7-8-14-18(17)22(15-9-3-1-4-10-15)16-11-5-2-6-12-16/h1-6,9-12,17-18H,7-8,13-14H2,(H,20,21). The van der Waals surface area contributed by atoms with Crippen LogP contribution in [0, 0.1) is 5.92 Å². The summed E-state index contributed by atoms with van der Waals surface area (Å²) >= 11 is 0. The normalized spacial score (nSPS) is 21.7. The summed E-state index contributed by atoms with van der Waals surface area (Å²) in [6.45, 7) is 0. The Morgan fingerprint density at radius 3 is 1.86 bits per heavy atom. The van der Waals surface area contributed by atoms with Gasteiger partial charge in [0.25, 0.3) is 0 Å². The average Bonchev–Trinajstić information content (AvgIpc) is 2.57. The van der Waals surface area contributed by atoms with Crippen LogP contribution in [0.3, 0.4) is 0 Å². The fourth-order valence-electron chi connectivity index (χ4n) is 3.42. The Morgan fingerprint density at radius 2 is 1.36 bits per heavy atom. The molecule has 3 rings (SSSR count). The number of carboxylic acids is 1. The van der Waals surface area contributed by atoms with Gasteiger partial charge < -0.3 is 5.11 Å². The summed E-state index contributed by atoms with van der Waals surface area (Å²) in [5.74, 6) is -0.829. The van der Waals surface area contributed by atoms with Crippen molar-refractivity contribution in [2.75, 3.05) is 0 Å². The molecule has 0 radical (unpaired) electrons. The zero-order valence-corrected chi connectivity index (χ0v) is 13.5. The fourth-order valence-corrected chi connectivity index (χ4v) is 6.55. The minimum absolute atomic E-state index is 0.208. The van der Waals surface area contributed by atoms with Gasteiger partial charge in [0.05, 0.1) is 5.92 Å². The molecule has 114 valence electrons. The Labute approximate surface area is 132 Å². The van der Waals surface area contributed by atoms with Gasteiger partial charge in [-0.25, -0.2) is 0 Å². The van der Waals surface area contributed by atoms with Crippen molar-refractivity contribution in [3.05, 3.63) is 60.7 Å². The van der Waals surface area contributed by atoms with Crippen molar-refractivity contribution in [3.8, 4) is 0 Å². The van der Waals surface area contributed by atoms with Crippen molar-refractivity contribution in [2.24, 2.45) is 5.92 Å². The molecule has 0 spiro atoms. The number of carbonyl (C=O) groups is 1. The van der Waals surface area contributed by atoms with Crippen molar-refractivity contribution in [1.29, 1.82) is 0 Å². The predicted octanol–water partition coefficient (Wildman–Crippen LogP) is 3.76. The Balaban J connectivity index is 2.03. The van der Waals surface area contributed by atoms with Gasteiger partial charge in [0.15, 0.2) is 0 Å². The lowest BCUT2D eigenvalue weighted by Gasteiger charge is -2.36. The van der Waals surface area contributed by atoms with E-state index in [4.69, 9.17) is 0 Å². The first-order chi connectivity index (χ1) is 10.8. The topological polar surface area (TPSA) is 37.3 Å². The molecule has 2 aromatic rings. The number of hydrogen-bond acceptors (Lipinski definition) is 1. The molecule has 0 heterocycles. The van der Waals surface area contributed by atoms with Gasteiger partial charge in [-0.05, 0) is 31.4 Å². The van der Waals surface area contributed by atoms with Gasteiger partial charge in [0.2, 0.25) is 0 Å². The Bertz CT molecular complexity index is 572. The lowest BCUT2D eigenvalue weighted by atomic mass is 9.89. The van der Waals surface area contributed by atoms with E-state index in [9.17, 15) is 9.90 Å². The van der Waals surface area contributed by atoms with Crippen LogP contribution in [-0.2, 0) is 4.79 Å². The van der Waals surface area contributed by atoms with Gasteiger partial charge >= 0.3 is 5.97 Å². The molecule has 0 saturated heterocycles. The first kappa shape index (κ1) is 15.2. The van der Waals surface area contributed by atoms with E-state index < -0.39 is 13.9 Å². The maximum atomic E-state index is 11.7. The zero-order chi connectivity index (χ0) is 15.4. The average molecular weight is 312 g/mol. The zero-order valence-electron chi connectivity index (χ0n) is 12.6. The Morgan fingerprint density at radius 1 is 0.864 bits per heavy atom. The van der Waals surface area contributed by atoms with E-state index in [1.54, 1.807) is 0 Å². The van der Waals surface area contributed by atoms with E-state index in [0.29, 0.717) is 0 Å². The summed E-state index contributed by atoms with van der Waals surface area (Å²) in [4.78, 5) is 11.7. The molecular formula is C19H21O2P. The van der Waals surface area contributed by atoms with Crippen LogP contribution in [0.5, 0.6) is 0 Å². The second-order valence-electron chi connectivity index (χ2n) is 5.84. The molecule has 3 heteroatoms. The van der Waals surface area contributed by atoms with Gasteiger partial charge in [0.1, 0.15) is 0 Å². The van der Waals surface area contributed by atoms with Crippen LogP contribution in [0.25, 0.3) is 0 Å². The minimum Gasteiger partial charge on any atom is -0.481 e. The highest BCUT2D eigenvalue weighted by atomic mass is 31.1. The molecule has 1 fully saturated rings. The second kappa shape index (κ2) is 7.07. The molecule has 0 aliphatic heterocycles. The highest BCUT2D eigenvalue weighted by Crippen LogP contribution is 2.48. The van der Waals surface area contributed by atoms with Crippen molar-refractivity contribution in [3.63, 3.8) is 0 Å². The summed E-state index contributed by atoms with van der Waals surface area (Å²) in [5.41, 5.74) is 0.242. The van der Waals surface area contributed by atoms with Crippen LogP contribution in [0.1, 0.15) is 25.7 Å². The summed E-state index contributed by atoms with van der Waals surface area (Å²) in [7, 11) is -0.622. The quantitative estimate of drug-likeness (QED) is 0.873. The molecule has 1 N–H and O–H groups in total. The molecule has 2 atom stereocenters. The maximum absolute atomic E-state index is 11.7. The number of rotatable bonds is 4. The van der Waals surface area contributed by atoms with Crippen LogP contribution < -0.4 is 10.6 Å². The van der Waals surface area contributed by atoms with E-state index in [1.807, 2.05) is 12.1 Å². The van der Waals surface area contributed by atoms with Crippen molar-refractivity contribution >= 4 is 24.5 Å². The van der Waals surface area contributed by atoms with Gasteiger partial charge in [0, 0.05) is 5.66 Å². The number of hydrogen-bond donors (Lipinski definition) is 1. The van der Waals surface area contributed by atoms with Crippen LogP contribution >= 0.6 is 7.92 Å². The first-order valence-corrected chi connectivity index (χ1v) is 9.30. The minimum atomic E-state index is -0.622. The third-order valence-electron chi connectivity index (χ3n) is 4.45. The van der Waals surface area contributed by atoms with Crippen LogP contribution in [0.15, 0.2) is 60.7 Å². The van der Waals surface area contributed by atoms with E-state index in [2.05, 4.69) is 48.5 Å². The van der Waals surface area contributed by atoms with E-state index in [-0.39, 0.29) is 11.6 Å². The van der Waals surface area contributed by atoms with Crippen LogP contribution in [-0.4, -0.2) is 16.7 Å². The second-order valence-corrected chi connectivity index (χ2v) is 8.27. The Hall–Kier alpha value is -1.66. The largest absolute Gasteiger partial charge is 0.481 e. The molecule has 1 aliphatic carbocycles. The van der Waals surface area contributed by atoms with Crippen molar-refractivity contribution in [1.82, 2.24) is 0 Å². The molecule has 0 aromatic heterocycles. The molecule has 0 amide bonds. The van der Waals surface area contributed by atoms with Crippen molar-refractivity contribution in [2.45, 2.75) is 31.3 Å². The van der Waals surface area contributed by atoms with E-state index in [0.717, 1.165) is 25.7 Å². The smallest absolute Gasteiger partial charge is 0.307 e. The molecule has 2 nitrogen and oxygen atoms in total. The summed E-state index contributed by atoms with van der Waals surface area (Å²) < 4.78 is 0.